The van der Waals surface area contributed by atoms with E-state index < -0.39 is 0 Å². The van der Waals surface area contributed by atoms with Gasteiger partial charge in [0.15, 0.2) is 0 Å². The third-order valence-electron chi connectivity index (χ3n) is 3.23. The molecule has 0 spiro atoms. The fourth-order valence-electron chi connectivity index (χ4n) is 2.12. The Labute approximate surface area is 99.1 Å². The van der Waals surface area contributed by atoms with Crippen molar-refractivity contribution in [2.45, 2.75) is 45.6 Å². The molecule has 0 N–H and O–H groups in total. The Morgan fingerprint density at radius 2 is 2.00 bits per heavy atom. The Bertz CT molecular complexity index is 167. The molecule has 90 valence electrons. The second-order valence-electron chi connectivity index (χ2n) is 4.65. The Kier molecular flexibility index (Phi) is 6.02. The third-order valence-corrected chi connectivity index (χ3v) is 3.90. The van der Waals surface area contributed by atoms with Crippen LogP contribution in [0.2, 0.25) is 0 Å². The fourth-order valence-corrected chi connectivity index (χ4v) is 2.53. The molecule has 1 atom stereocenters. The predicted octanol–water partition coefficient (Wildman–Crippen LogP) is 2.92. The molecule has 1 aliphatic rings. The summed E-state index contributed by atoms with van der Waals surface area (Å²) >= 11 is 4.46. The maximum atomic E-state index is 5.85. The van der Waals surface area contributed by atoms with Gasteiger partial charge in [0.25, 0.3) is 0 Å². The van der Waals surface area contributed by atoms with Crippen molar-refractivity contribution in [3.05, 3.63) is 0 Å². The van der Waals surface area contributed by atoms with Crippen LogP contribution >= 0.6 is 12.6 Å². The molecule has 1 rings (SSSR count). The van der Waals surface area contributed by atoms with Crippen LogP contribution in [-0.4, -0.2) is 31.7 Å². The maximum absolute atomic E-state index is 5.85. The van der Waals surface area contributed by atoms with E-state index in [1.165, 1.54) is 25.7 Å². The topological polar surface area (TPSA) is 18.5 Å². The second-order valence-corrected chi connectivity index (χ2v) is 4.96. The number of hydrogen-bond acceptors (Lipinski definition) is 3. The van der Waals surface area contributed by atoms with Crippen LogP contribution in [0.15, 0.2) is 0 Å². The molecule has 3 heteroatoms. The summed E-state index contributed by atoms with van der Waals surface area (Å²) < 4.78 is 11.2. The van der Waals surface area contributed by atoms with Gasteiger partial charge >= 0.3 is 0 Å². The number of hydrogen-bond donors (Lipinski definition) is 1. The summed E-state index contributed by atoms with van der Waals surface area (Å²) in [5.74, 6) is 0.953. The van der Waals surface area contributed by atoms with Crippen molar-refractivity contribution in [3.63, 3.8) is 0 Å². The highest BCUT2D eigenvalue weighted by Crippen LogP contribution is 2.39. The van der Waals surface area contributed by atoms with E-state index in [4.69, 9.17) is 9.47 Å². The van der Waals surface area contributed by atoms with Crippen LogP contribution in [0.1, 0.15) is 39.5 Å². The summed E-state index contributed by atoms with van der Waals surface area (Å²) in [6.45, 7) is 6.42. The molecule has 0 aromatic heterocycles. The molecule has 0 bridgehead atoms. The molecular weight excluding hydrogens is 208 g/mol. The fraction of sp³-hybridized carbons (Fsp3) is 1.00. The molecule has 0 aliphatic heterocycles. The second kappa shape index (κ2) is 6.77. The SMILES string of the molecule is CCOCC(C)OCC1(CS)CCCC1. The molecule has 0 heterocycles. The highest BCUT2D eigenvalue weighted by molar-refractivity contribution is 7.80. The first-order valence-electron chi connectivity index (χ1n) is 6.02. The molecule has 0 amide bonds. The van der Waals surface area contributed by atoms with Gasteiger partial charge in [0.2, 0.25) is 0 Å². The van der Waals surface area contributed by atoms with E-state index in [0.29, 0.717) is 12.0 Å². The van der Waals surface area contributed by atoms with Gasteiger partial charge in [-0.1, -0.05) is 12.8 Å². The minimum Gasteiger partial charge on any atom is -0.379 e. The first-order chi connectivity index (χ1) is 7.22. The monoisotopic (exact) mass is 232 g/mol. The smallest absolute Gasteiger partial charge is 0.0780 e. The van der Waals surface area contributed by atoms with E-state index in [1.54, 1.807) is 0 Å². The summed E-state index contributed by atoms with van der Waals surface area (Å²) in [7, 11) is 0. The Morgan fingerprint density at radius 3 is 2.53 bits per heavy atom. The first kappa shape index (κ1) is 13.3. The molecule has 0 aromatic rings. The minimum absolute atomic E-state index is 0.210. The van der Waals surface area contributed by atoms with Crippen molar-refractivity contribution in [1.29, 1.82) is 0 Å². The van der Waals surface area contributed by atoms with Crippen LogP contribution in [0.4, 0.5) is 0 Å². The lowest BCUT2D eigenvalue weighted by Crippen LogP contribution is -2.29. The number of rotatable bonds is 7. The maximum Gasteiger partial charge on any atom is 0.0780 e. The largest absolute Gasteiger partial charge is 0.379 e. The van der Waals surface area contributed by atoms with Crippen molar-refractivity contribution in [2.24, 2.45) is 5.41 Å². The zero-order valence-corrected chi connectivity index (χ0v) is 10.9. The zero-order chi connectivity index (χ0) is 11.1. The van der Waals surface area contributed by atoms with Crippen molar-refractivity contribution < 1.29 is 9.47 Å². The summed E-state index contributed by atoms with van der Waals surface area (Å²) in [6, 6.07) is 0. The van der Waals surface area contributed by atoms with Crippen LogP contribution in [0.5, 0.6) is 0 Å². The molecule has 0 radical (unpaired) electrons. The number of thiol groups is 1. The Morgan fingerprint density at radius 1 is 1.33 bits per heavy atom. The van der Waals surface area contributed by atoms with Gasteiger partial charge < -0.3 is 9.47 Å². The van der Waals surface area contributed by atoms with Crippen LogP contribution in [0, 0.1) is 5.41 Å². The highest BCUT2D eigenvalue weighted by atomic mass is 32.1. The van der Waals surface area contributed by atoms with E-state index in [9.17, 15) is 0 Å². The van der Waals surface area contributed by atoms with Gasteiger partial charge in [0, 0.05) is 12.0 Å². The zero-order valence-electron chi connectivity index (χ0n) is 10.00. The lowest BCUT2D eigenvalue weighted by atomic mass is 9.90. The normalized spacial score (nSPS) is 21.8. The van der Waals surface area contributed by atoms with Gasteiger partial charge in [-0.2, -0.15) is 12.6 Å². The third kappa shape index (κ3) is 4.33. The molecule has 1 unspecified atom stereocenters. The van der Waals surface area contributed by atoms with Gasteiger partial charge in [-0.15, -0.1) is 0 Å². The van der Waals surface area contributed by atoms with E-state index in [2.05, 4.69) is 19.6 Å². The summed E-state index contributed by atoms with van der Waals surface area (Å²) in [6.07, 6.45) is 5.44. The van der Waals surface area contributed by atoms with Crippen LogP contribution in [0.25, 0.3) is 0 Å². The van der Waals surface area contributed by atoms with Gasteiger partial charge in [0.1, 0.15) is 0 Å². The van der Waals surface area contributed by atoms with Crippen molar-refractivity contribution in [2.75, 3.05) is 25.6 Å². The van der Waals surface area contributed by atoms with Crippen LogP contribution < -0.4 is 0 Å². The van der Waals surface area contributed by atoms with Gasteiger partial charge in [-0.3, -0.25) is 0 Å². The first-order valence-corrected chi connectivity index (χ1v) is 6.66. The average Bonchev–Trinajstić information content (AvgIpc) is 2.73. The Balaban J connectivity index is 2.21. The summed E-state index contributed by atoms with van der Waals surface area (Å²) in [4.78, 5) is 0. The molecule has 1 fully saturated rings. The minimum atomic E-state index is 0.210. The quantitative estimate of drug-likeness (QED) is 0.680. The van der Waals surface area contributed by atoms with Gasteiger partial charge in [-0.25, -0.2) is 0 Å². The molecule has 0 aromatic carbocycles. The van der Waals surface area contributed by atoms with Crippen LogP contribution in [0.3, 0.4) is 0 Å². The van der Waals surface area contributed by atoms with Gasteiger partial charge in [-0.05, 0) is 32.4 Å². The summed E-state index contributed by atoms with van der Waals surface area (Å²) in [5, 5.41) is 0. The lowest BCUT2D eigenvalue weighted by molar-refractivity contribution is -0.0345. The molecule has 1 aliphatic carbocycles. The predicted molar refractivity (Wildman–Crippen MR) is 66.7 cm³/mol. The van der Waals surface area contributed by atoms with Crippen LogP contribution in [-0.2, 0) is 9.47 Å². The highest BCUT2D eigenvalue weighted by Gasteiger charge is 2.33. The number of ether oxygens (including phenoxy) is 2. The van der Waals surface area contributed by atoms with E-state index in [-0.39, 0.29) is 6.10 Å². The van der Waals surface area contributed by atoms with Gasteiger partial charge in [0.05, 0.1) is 19.3 Å². The van der Waals surface area contributed by atoms with E-state index in [1.807, 2.05) is 6.92 Å². The van der Waals surface area contributed by atoms with E-state index in [0.717, 1.165) is 19.0 Å². The van der Waals surface area contributed by atoms with Crippen molar-refractivity contribution in [1.82, 2.24) is 0 Å². The molecule has 15 heavy (non-hydrogen) atoms. The molecule has 0 saturated heterocycles. The molecular formula is C12H24O2S. The molecule has 1 saturated carbocycles. The van der Waals surface area contributed by atoms with E-state index >= 15 is 0 Å². The summed E-state index contributed by atoms with van der Waals surface area (Å²) in [5.41, 5.74) is 0.351. The standard InChI is InChI=1S/C12H24O2S/c1-3-13-8-11(2)14-9-12(10-15)6-4-5-7-12/h11,15H,3-10H2,1-2H3. The Hall–Kier alpha value is 0.270. The molecule has 2 nitrogen and oxygen atoms in total. The van der Waals surface area contributed by atoms with Crippen molar-refractivity contribution >= 4 is 12.6 Å². The lowest BCUT2D eigenvalue weighted by Gasteiger charge is -2.28. The average molecular weight is 232 g/mol. The van der Waals surface area contributed by atoms with Crippen molar-refractivity contribution in [3.8, 4) is 0 Å².